The number of nitriles is 1. The molecule has 8 nitrogen and oxygen atoms in total. The zero-order chi connectivity index (χ0) is 22.2. The van der Waals surface area contributed by atoms with Crippen LogP contribution in [0.4, 0.5) is 4.39 Å². The van der Waals surface area contributed by atoms with Gasteiger partial charge in [-0.3, -0.25) is 20.4 Å². The highest BCUT2D eigenvalue weighted by Gasteiger charge is 2.18. The van der Waals surface area contributed by atoms with Crippen LogP contribution in [0.5, 0.6) is 11.5 Å². The fourth-order valence-electron chi connectivity index (χ4n) is 2.48. The normalized spacial score (nSPS) is 11.1. The van der Waals surface area contributed by atoms with Gasteiger partial charge in [-0.05, 0) is 43.3 Å². The number of furan rings is 1. The predicted molar refractivity (Wildman–Crippen MR) is 106 cm³/mol. The van der Waals surface area contributed by atoms with Gasteiger partial charge < -0.3 is 13.9 Å². The fourth-order valence-corrected chi connectivity index (χ4v) is 2.48. The van der Waals surface area contributed by atoms with E-state index < -0.39 is 23.7 Å². The molecule has 0 aliphatic carbocycles. The Kier molecular flexibility index (Phi) is 6.85. The van der Waals surface area contributed by atoms with Gasteiger partial charge in [-0.25, -0.2) is 4.39 Å². The van der Waals surface area contributed by atoms with Crippen LogP contribution < -0.4 is 20.3 Å². The minimum atomic E-state index is -1.06. The van der Waals surface area contributed by atoms with Gasteiger partial charge in [0.25, 0.3) is 5.91 Å². The average Bonchev–Trinajstić information content (AvgIpc) is 3.26. The van der Waals surface area contributed by atoms with Crippen molar-refractivity contribution in [2.24, 2.45) is 0 Å². The first-order valence-electron chi connectivity index (χ1n) is 9.20. The van der Waals surface area contributed by atoms with Crippen molar-refractivity contribution in [3.8, 4) is 17.6 Å². The van der Waals surface area contributed by atoms with Crippen molar-refractivity contribution < 1.29 is 27.9 Å². The molecular weight excluding hydrogens is 405 g/mol. The molecule has 1 aromatic heterocycles. The predicted octanol–water partition coefficient (Wildman–Crippen LogP) is 3.10. The number of halogens is 1. The van der Waals surface area contributed by atoms with Crippen molar-refractivity contribution in [2.45, 2.75) is 19.6 Å². The van der Waals surface area contributed by atoms with Crippen LogP contribution >= 0.6 is 0 Å². The van der Waals surface area contributed by atoms with E-state index in [0.717, 1.165) is 0 Å². The SMILES string of the molecule is CC(Oc1ccccc1F)C(=O)NNC(=O)c1ccc(COc2ccccc2C#N)o1. The number of ether oxygens (including phenoxy) is 2. The highest BCUT2D eigenvalue weighted by Crippen LogP contribution is 2.19. The second-order valence-electron chi connectivity index (χ2n) is 6.30. The molecule has 0 aliphatic rings. The molecule has 0 saturated carbocycles. The van der Waals surface area contributed by atoms with Gasteiger partial charge in [0.1, 0.15) is 24.2 Å². The molecule has 2 amide bonds. The minimum absolute atomic E-state index is 0.00580. The number of carbonyl (C=O) groups excluding carboxylic acids is 2. The van der Waals surface area contributed by atoms with Crippen LogP contribution in [0.2, 0.25) is 0 Å². The average molecular weight is 423 g/mol. The van der Waals surface area contributed by atoms with Gasteiger partial charge >= 0.3 is 5.91 Å². The lowest BCUT2D eigenvalue weighted by Crippen LogP contribution is -2.47. The molecule has 3 aromatic rings. The molecule has 0 aliphatic heterocycles. The van der Waals surface area contributed by atoms with Gasteiger partial charge in [-0.1, -0.05) is 24.3 Å². The fraction of sp³-hybridized carbons (Fsp3) is 0.136. The summed E-state index contributed by atoms with van der Waals surface area (Å²) < 4.78 is 29.8. The first-order valence-corrected chi connectivity index (χ1v) is 9.20. The lowest BCUT2D eigenvalue weighted by Gasteiger charge is -2.15. The third-order valence-electron chi connectivity index (χ3n) is 4.07. The molecule has 1 unspecified atom stereocenters. The van der Waals surface area contributed by atoms with E-state index in [4.69, 9.17) is 19.2 Å². The summed E-state index contributed by atoms with van der Waals surface area (Å²) in [6.07, 6.45) is -1.06. The number of benzene rings is 2. The summed E-state index contributed by atoms with van der Waals surface area (Å²) in [5, 5.41) is 9.06. The van der Waals surface area contributed by atoms with Gasteiger partial charge in [-0.2, -0.15) is 5.26 Å². The van der Waals surface area contributed by atoms with Crippen molar-refractivity contribution in [3.05, 3.63) is 83.6 Å². The summed E-state index contributed by atoms with van der Waals surface area (Å²) >= 11 is 0. The van der Waals surface area contributed by atoms with Gasteiger partial charge in [-0.15, -0.1) is 0 Å². The molecule has 2 aromatic carbocycles. The van der Waals surface area contributed by atoms with E-state index in [2.05, 4.69) is 10.9 Å². The van der Waals surface area contributed by atoms with E-state index in [9.17, 15) is 14.0 Å². The molecule has 0 bridgehead atoms. The number of rotatable bonds is 7. The lowest BCUT2D eigenvalue weighted by atomic mass is 10.2. The molecule has 0 spiro atoms. The molecule has 3 rings (SSSR count). The van der Waals surface area contributed by atoms with Crippen molar-refractivity contribution >= 4 is 11.8 Å². The Morgan fingerprint density at radius 2 is 1.77 bits per heavy atom. The zero-order valence-corrected chi connectivity index (χ0v) is 16.4. The van der Waals surface area contributed by atoms with E-state index in [0.29, 0.717) is 17.1 Å². The second-order valence-corrected chi connectivity index (χ2v) is 6.30. The molecule has 158 valence electrons. The Morgan fingerprint density at radius 3 is 2.52 bits per heavy atom. The summed E-state index contributed by atoms with van der Waals surface area (Å²) in [6, 6.07) is 17.4. The first kappa shape index (κ1) is 21.4. The van der Waals surface area contributed by atoms with E-state index in [1.165, 1.54) is 37.3 Å². The number of hydrogen-bond acceptors (Lipinski definition) is 6. The Labute approximate surface area is 177 Å². The van der Waals surface area contributed by atoms with Gasteiger partial charge in [0.2, 0.25) is 0 Å². The van der Waals surface area contributed by atoms with E-state index in [-0.39, 0.29) is 18.1 Å². The number of hydrazine groups is 1. The van der Waals surface area contributed by atoms with Crippen LogP contribution in [0.1, 0.15) is 28.8 Å². The monoisotopic (exact) mass is 423 g/mol. The van der Waals surface area contributed by atoms with Crippen LogP contribution in [-0.2, 0) is 11.4 Å². The molecule has 1 atom stereocenters. The number of hydrogen-bond donors (Lipinski definition) is 2. The van der Waals surface area contributed by atoms with E-state index >= 15 is 0 Å². The maximum Gasteiger partial charge on any atom is 0.305 e. The summed E-state index contributed by atoms with van der Waals surface area (Å²) in [5.41, 5.74) is 4.76. The molecule has 0 radical (unpaired) electrons. The summed E-state index contributed by atoms with van der Waals surface area (Å²) in [5.74, 6) is -1.38. The Bertz CT molecular complexity index is 1120. The summed E-state index contributed by atoms with van der Waals surface area (Å²) in [6.45, 7) is 1.42. The molecule has 31 heavy (non-hydrogen) atoms. The maximum atomic E-state index is 13.6. The number of nitrogens with one attached hydrogen (secondary N) is 2. The van der Waals surface area contributed by atoms with E-state index in [1.54, 1.807) is 30.3 Å². The highest BCUT2D eigenvalue weighted by atomic mass is 19.1. The summed E-state index contributed by atoms with van der Waals surface area (Å²) in [7, 11) is 0. The van der Waals surface area contributed by atoms with Crippen molar-refractivity contribution in [1.29, 1.82) is 5.26 Å². The Morgan fingerprint density at radius 1 is 1.06 bits per heavy atom. The first-order chi connectivity index (χ1) is 15.0. The van der Waals surface area contributed by atoms with Crippen LogP contribution in [0, 0.1) is 17.1 Å². The Balaban J connectivity index is 1.50. The van der Waals surface area contributed by atoms with Crippen molar-refractivity contribution in [2.75, 3.05) is 0 Å². The highest BCUT2D eigenvalue weighted by molar-refractivity contribution is 5.93. The Hall–Kier alpha value is -4.32. The zero-order valence-electron chi connectivity index (χ0n) is 16.4. The van der Waals surface area contributed by atoms with Gasteiger partial charge in [0.15, 0.2) is 23.4 Å². The molecule has 2 N–H and O–H groups in total. The number of para-hydroxylation sites is 2. The summed E-state index contributed by atoms with van der Waals surface area (Å²) in [4.78, 5) is 24.2. The second kappa shape index (κ2) is 9.93. The lowest BCUT2D eigenvalue weighted by molar-refractivity contribution is -0.128. The third-order valence-corrected chi connectivity index (χ3v) is 4.07. The van der Waals surface area contributed by atoms with Crippen LogP contribution in [0.15, 0.2) is 65.1 Å². The van der Waals surface area contributed by atoms with Crippen molar-refractivity contribution in [1.82, 2.24) is 10.9 Å². The van der Waals surface area contributed by atoms with Gasteiger partial charge in [0, 0.05) is 0 Å². The van der Waals surface area contributed by atoms with Crippen LogP contribution in [-0.4, -0.2) is 17.9 Å². The number of carbonyl (C=O) groups is 2. The topological polar surface area (TPSA) is 114 Å². The van der Waals surface area contributed by atoms with Crippen molar-refractivity contribution in [3.63, 3.8) is 0 Å². The number of nitrogens with zero attached hydrogens (tertiary/aromatic N) is 1. The molecular formula is C22H18FN3O5. The van der Waals surface area contributed by atoms with Crippen LogP contribution in [0.3, 0.4) is 0 Å². The largest absolute Gasteiger partial charge is 0.484 e. The molecule has 9 heteroatoms. The molecule has 0 fully saturated rings. The quantitative estimate of drug-likeness (QED) is 0.565. The standard InChI is InChI=1S/C22H18FN3O5/c1-14(30-19-9-5-3-7-17(19)23)21(27)25-26-22(28)20-11-10-16(31-20)13-29-18-8-4-2-6-15(18)12-24/h2-11,14H,13H2,1H3,(H,25,27)(H,26,28). The van der Waals surface area contributed by atoms with Crippen LogP contribution in [0.25, 0.3) is 0 Å². The maximum absolute atomic E-state index is 13.6. The molecule has 1 heterocycles. The third kappa shape index (κ3) is 5.61. The molecule has 0 saturated heterocycles. The minimum Gasteiger partial charge on any atom is -0.484 e. The smallest absolute Gasteiger partial charge is 0.305 e. The number of amides is 2. The van der Waals surface area contributed by atoms with E-state index in [1.807, 2.05) is 6.07 Å². The van der Waals surface area contributed by atoms with Gasteiger partial charge in [0.05, 0.1) is 5.56 Å².